The molecule has 0 saturated heterocycles. The van der Waals surface area contributed by atoms with E-state index in [0.29, 0.717) is 16.8 Å². The van der Waals surface area contributed by atoms with Crippen molar-refractivity contribution in [2.45, 2.75) is 65.8 Å². The zero-order chi connectivity index (χ0) is 26.2. The standard InChI is InChI=1S/C25H31NO5.C2H5B/c1-23(2,21(28)30-7)18-15-11-12-16-19(18)25(5,6)31-22(29)24(3,4)20(27)26-17-13-9-8-10-14-17;1-2-3/h8-16H,1-7H3,(H,26,27);2H2,1H3. The summed E-state index contributed by atoms with van der Waals surface area (Å²) in [4.78, 5) is 38.2. The van der Waals surface area contributed by atoms with Crippen LogP contribution in [0, 0.1) is 5.41 Å². The molecule has 2 radical (unpaired) electrons. The van der Waals surface area contributed by atoms with Crippen molar-refractivity contribution in [3.8, 4) is 0 Å². The minimum absolute atomic E-state index is 0.398. The SMILES string of the molecule is COC(=O)C(C)(C)c1ccccc1C(C)(C)OC(=O)C(C)(C)C(=O)Nc1ccccc1.[B]CC. The second kappa shape index (κ2) is 11.9. The maximum Gasteiger partial charge on any atom is 0.321 e. The molecule has 6 nitrogen and oxygen atoms in total. The molecule has 0 aliphatic carbocycles. The lowest BCUT2D eigenvalue weighted by Crippen LogP contribution is -2.43. The van der Waals surface area contributed by atoms with Gasteiger partial charge in [-0.2, -0.15) is 0 Å². The molecule has 0 saturated carbocycles. The third kappa shape index (κ3) is 6.96. The van der Waals surface area contributed by atoms with Gasteiger partial charge in [-0.05, 0) is 64.8 Å². The van der Waals surface area contributed by atoms with Gasteiger partial charge in [0.1, 0.15) is 11.0 Å². The summed E-state index contributed by atoms with van der Waals surface area (Å²) in [6, 6.07) is 16.2. The highest BCUT2D eigenvalue weighted by molar-refractivity contribution is 6.08. The van der Waals surface area contributed by atoms with Gasteiger partial charge in [-0.3, -0.25) is 14.4 Å². The topological polar surface area (TPSA) is 81.7 Å². The van der Waals surface area contributed by atoms with Crippen LogP contribution in [0.5, 0.6) is 0 Å². The first-order valence-corrected chi connectivity index (χ1v) is 11.2. The minimum atomic E-state index is -1.43. The van der Waals surface area contributed by atoms with Gasteiger partial charge in [-0.15, -0.1) is 0 Å². The number of nitrogens with one attached hydrogen (secondary N) is 1. The number of carbonyl (C=O) groups is 3. The van der Waals surface area contributed by atoms with Crippen molar-refractivity contribution in [2.24, 2.45) is 5.41 Å². The van der Waals surface area contributed by atoms with E-state index in [-0.39, 0.29) is 0 Å². The fraction of sp³-hybridized carbons (Fsp3) is 0.444. The number of esters is 2. The molecule has 0 aromatic heterocycles. The molecule has 182 valence electrons. The van der Waals surface area contributed by atoms with Crippen LogP contribution in [0.2, 0.25) is 6.32 Å². The monoisotopic (exact) mass is 465 g/mol. The molecule has 0 unspecified atom stereocenters. The molecule has 1 N–H and O–H groups in total. The van der Waals surface area contributed by atoms with Crippen LogP contribution in [0.1, 0.15) is 59.6 Å². The van der Waals surface area contributed by atoms with Crippen molar-refractivity contribution >= 4 is 31.4 Å². The Morgan fingerprint density at radius 3 is 1.79 bits per heavy atom. The highest BCUT2D eigenvalue weighted by Crippen LogP contribution is 2.37. The molecule has 1 amide bonds. The molecule has 2 aromatic carbocycles. The summed E-state index contributed by atoms with van der Waals surface area (Å²) in [6.07, 6.45) is 0.750. The number of para-hydroxylation sites is 1. The predicted molar refractivity (Wildman–Crippen MR) is 136 cm³/mol. The molecule has 0 aliphatic rings. The van der Waals surface area contributed by atoms with Crippen LogP contribution in [0.15, 0.2) is 54.6 Å². The fourth-order valence-corrected chi connectivity index (χ4v) is 3.23. The summed E-state index contributed by atoms with van der Waals surface area (Å²) in [5, 5.41) is 2.75. The van der Waals surface area contributed by atoms with Gasteiger partial charge in [0.05, 0.1) is 20.4 Å². The van der Waals surface area contributed by atoms with Crippen LogP contribution < -0.4 is 5.32 Å². The Bertz CT molecular complexity index is 984. The van der Waals surface area contributed by atoms with Gasteiger partial charge in [0.15, 0.2) is 0 Å². The lowest BCUT2D eigenvalue weighted by molar-refractivity contribution is -0.170. The van der Waals surface area contributed by atoms with Crippen LogP contribution >= 0.6 is 0 Å². The number of carbonyl (C=O) groups excluding carboxylic acids is 3. The largest absolute Gasteiger partial charge is 0.468 e. The number of anilines is 1. The Morgan fingerprint density at radius 1 is 0.824 bits per heavy atom. The first-order chi connectivity index (χ1) is 15.7. The number of hydrogen-bond donors (Lipinski definition) is 1. The van der Waals surface area contributed by atoms with Crippen LogP contribution in [0.25, 0.3) is 0 Å². The second-order valence-electron chi connectivity index (χ2n) is 9.42. The summed E-state index contributed by atoms with van der Waals surface area (Å²) in [7, 11) is 6.19. The molecule has 2 rings (SSSR count). The summed E-state index contributed by atoms with van der Waals surface area (Å²) in [6.45, 7) is 11.9. The molecular formula is C27H36BNO5. The Kier molecular flexibility index (Phi) is 10.1. The first-order valence-electron chi connectivity index (χ1n) is 11.2. The zero-order valence-electron chi connectivity index (χ0n) is 21.5. The van der Waals surface area contributed by atoms with Crippen molar-refractivity contribution in [1.29, 1.82) is 0 Å². The Labute approximate surface area is 204 Å². The average molecular weight is 465 g/mol. The quantitative estimate of drug-likeness (QED) is 0.347. The molecule has 0 bridgehead atoms. The summed E-state index contributed by atoms with van der Waals surface area (Å²) in [5.74, 6) is -1.54. The van der Waals surface area contributed by atoms with E-state index in [1.807, 2.05) is 37.3 Å². The van der Waals surface area contributed by atoms with Gasteiger partial charge in [0.25, 0.3) is 0 Å². The maximum atomic E-state index is 13.1. The van der Waals surface area contributed by atoms with Crippen LogP contribution in [0.3, 0.4) is 0 Å². The fourth-order valence-electron chi connectivity index (χ4n) is 3.23. The zero-order valence-corrected chi connectivity index (χ0v) is 21.5. The Balaban J connectivity index is 0.00000182. The van der Waals surface area contributed by atoms with E-state index in [0.717, 1.165) is 6.32 Å². The van der Waals surface area contributed by atoms with E-state index in [1.54, 1.807) is 52.0 Å². The maximum absolute atomic E-state index is 13.1. The third-order valence-corrected chi connectivity index (χ3v) is 5.40. The normalized spacial score (nSPS) is 11.5. The van der Waals surface area contributed by atoms with Crippen LogP contribution in [-0.2, 0) is 34.9 Å². The lowest BCUT2D eigenvalue weighted by Gasteiger charge is -2.34. The van der Waals surface area contributed by atoms with Gasteiger partial charge in [-0.1, -0.05) is 55.7 Å². The number of rotatable bonds is 7. The predicted octanol–water partition coefficient (Wildman–Crippen LogP) is 5.17. The smallest absolute Gasteiger partial charge is 0.321 e. The van der Waals surface area contributed by atoms with Crippen molar-refractivity contribution in [3.05, 3.63) is 65.7 Å². The van der Waals surface area contributed by atoms with E-state index >= 15 is 0 Å². The van der Waals surface area contributed by atoms with E-state index < -0.39 is 34.3 Å². The second-order valence-corrected chi connectivity index (χ2v) is 9.42. The highest BCUT2D eigenvalue weighted by atomic mass is 16.6. The molecule has 0 heterocycles. The summed E-state index contributed by atoms with van der Waals surface area (Å²) in [5.41, 5.74) is -1.53. The van der Waals surface area contributed by atoms with Crippen LogP contribution in [-0.4, -0.2) is 32.8 Å². The molecular weight excluding hydrogens is 429 g/mol. The van der Waals surface area contributed by atoms with Gasteiger partial charge in [-0.25, -0.2) is 0 Å². The molecule has 34 heavy (non-hydrogen) atoms. The number of hydrogen-bond acceptors (Lipinski definition) is 5. The number of ether oxygens (including phenoxy) is 2. The van der Waals surface area contributed by atoms with Crippen molar-refractivity contribution in [2.75, 3.05) is 12.4 Å². The molecule has 0 atom stereocenters. The van der Waals surface area contributed by atoms with E-state index in [4.69, 9.17) is 17.3 Å². The number of methoxy groups -OCH3 is 1. The van der Waals surface area contributed by atoms with E-state index in [9.17, 15) is 14.4 Å². The third-order valence-electron chi connectivity index (χ3n) is 5.40. The van der Waals surface area contributed by atoms with E-state index in [1.165, 1.54) is 21.0 Å². The minimum Gasteiger partial charge on any atom is -0.468 e. The first kappa shape index (κ1) is 28.9. The van der Waals surface area contributed by atoms with Crippen molar-refractivity contribution < 1.29 is 23.9 Å². The number of amides is 1. The Hall–Kier alpha value is -3.09. The van der Waals surface area contributed by atoms with Gasteiger partial charge in [0, 0.05) is 5.69 Å². The lowest BCUT2D eigenvalue weighted by atomic mass is 9.77. The molecule has 0 fully saturated rings. The Morgan fingerprint density at radius 2 is 1.29 bits per heavy atom. The van der Waals surface area contributed by atoms with Crippen molar-refractivity contribution in [1.82, 2.24) is 0 Å². The van der Waals surface area contributed by atoms with E-state index in [2.05, 4.69) is 5.32 Å². The highest BCUT2D eigenvalue weighted by Gasteiger charge is 2.43. The summed E-state index contributed by atoms with van der Waals surface area (Å²) < 4.78 is 10.8. The molecule has 7 heteroatoms. The molecule has 0 spiro atoms. The summed E-state index contributed by atoms with van der Waals surface area (Å²) >= 11 is 0. The average Bonchev–Trinajstić information content (AvgIpc) is 2.79. The molecule has 2 aromatic rings. The van der Waals surface area contributed by atoms with Crippen LogP contribution in [0.4, 0.5) is 5.69 Å². The van der Waals surface area contributed by atoms with Gasteiger partial charge in [0.2, 0.25) is 5.91 Å². The number of benzene rings is 2. The van der Waals surface area contributed by atoms with Gasteiger partial charge >= 0.3 is 11.9 Å². The molecule has 0 aliphatic heterocycles. The van der Waals surface area contributed by atoms with Gasteiger partial charge < -0.3 is 14.8 Å². The van der Waals surface area contributed by atoms with Crippen molar-refractivity contribution in [3.63, 3.8) is 0 Å².